The number of halogens is 1. The summed E-state index contributed by atoms with van der Waals surface area (Å²) in [6.07, 6.45) is 0. The molecule has 1 atom stereocenters. The number of H-pyrrole nitrogens is 1. The minimum Gasteiger partial charge on any atom is -0.351 e. The molecule has 1 aliphatic heterocycles. The number of piperazine rings is 1. The molecule has 1 N–H and O–H groups in total. The van der Waals surface area contributed by atoms with Crippen molar-refractivity contribution in [1.29, 1.82) is 0 Å². The van der Waals surface area contributed by atoms with Gasteiger partial charge in [0.1, 0.15) is 11.5 Å². The number of nitrogens with one attached hydrogen (secondary N) is 1. The second-order valence-electron chi connectivity index (χ2n) is 8.10. The Balaban J connectivity index is 1.33. The molecule has 0 radical (unpaired) electrons. The number of carbonyl (C=O) groups excluding carboxylic acids is 2. The van der Waals surface area contributed by atoms with Gasteiger partial charge in [0.15, 0.2) is 0 Å². The smallest absolute Gasteiger partial charge is 0.270 e. The summed E-state index contributed by atoms with van der Waals surface area (Å²) in [6, 6.07) is 15.7. The maximum absolute atomic E-state index is 13.4. The molecule has 1 aromatic heterocycles. The Morgan fingerprint density at radius 2 is 1.81 bits per heavy atom. The summed E-state index contributed by atoms with van der Waals surface area (Å²) in [5.74, 6) is -0.333. The van der Waals surface area contributed by atoms with E-state index in [1.165, 1.54) is 12.1 Å². The lowest BCUT2D eigenvalue weighted by atomic mass is 10.1. The van der Waals surface area contributed by atoms with Crippen LogP contribution in [0, 0.1) is 5.82 Å². The molecule has 6 nitrogen and oxygen atoms in total. The van der Waals surface area contributed by atoms with Crippen molar-refractivity contribution in [3.05, 3.63) is 71.7 Å². The van der Waals surface area contributed by atoms with Crippen molar-refractivity contribution < 1.29 is 14.0 Å². The molecular weight excluding hydrogens is 395 g/mol. The number of aromatic nitrogens is 1. The number of fused-ring (bicyclic) bond motifs is 1. The Labute approximate surface area is 181 Å². The molecule has 0 saturated carbocycles. The van der Waals surface area contributed by atoms with E-state index in [2.05, 4.69) is 9.88 Å². The molecule has 2 aromatic carbocycles. The quantitative estimate of drug-likeness (QED) is 0.687. The van der Waals surface area contributed by atoms with Crippen molar-refractivity contribution in [3.8, 4) is 0 Å². The number of para-hydroxylation sites is 1. The molecule has 1 unspecified atom stereocenters. The molecule has 0 aliphatic carbocycles. The largest absolute Gasteiger partial charge is 0.351 e. The lowest BCUT2D eigenvalue weighted by molar-refractivity contribution is -0.136. The van der Waals surface area contributed by atoms with Crippen LogP contribution in [0.5, 0.6) is 0 Å². The minimum absolute atomic E-state index is 0.0142. The monoisotopic (exact) mass is 422 g/mol. The summed E-state index contributed by atoms with van der Waals surface area (Å²) in [7, 11) is 1.74. The zero-order valence-corrected chi connectivity index (χ0v) is 17.8. The third-order valence-electron chi connectivity index (χ3n) is 5.95. The molecule has 0 bridgehead atoms. The number of hydrogen-bond donors (Lipinski definition) is 1. The number of carbonyl (C=O) groups is 2. The van der Waals surface area contributed by atoms with Crippen LogP contribution in [0.4, 0.5) is 4.39 Å². The predicted octanol–water partition coefficient (Wildman–Crippen LogP) is 3.11. The second-order valence-corrected chi connectivity index (χ2v) is 8.10. The fraction of sp³-hybridized carbons (Fsp3) is 0.333. The van der Waals surface area contributed by atoms with Gasteiger partial charge in [0.05, 0.1) is 6.04 Å². The zero-order chi connectivity index (χ0) is 22.0. The van der Waals surface area contributed by atoms with Crippen LogP contribution < -0.4 is 0 Å². The van der Waals surface area contributed by atoms with Gasteiger partial charge in [-0.3, -0.25) is 14.5 Å². The van der Waals surface area contributed by atoms with Crippen molar-refractivity contribution in [1.82, 2.24) is 19.7 Å². The molecule has 162 valence electrons. The van der Waals surface area contributed by atoms with Crippen LogP contribution in [0.2, 0.25) is 0 Å². The van der Waals surface area contributed by atoms with Crippen LogP contribution in [0.25, 0.3) is 10.9 Å². The lowest BCUT2D eigenvalue weighted by Gasteiger charge is -2.38. The highest BCUT2D eigenvalue weighted by molar-refractivity contribution is 5.98. The highest BCUT2D eigenvalue weighted by Crippen LogP contribution is 2.18. The van der Waals surface area contributed by atoms with Gasteiger partial charge in [-0.15, -0.1) is 0 Å². The lowest BCUT2D eigenvalue weighted by Crippen LogP contribution is -2.55. The van der Waals surface area contributed by atoms with E-state index in [9.17, 15) is 14.0 Å². The van der Waals surface area contributed by atoms with Crippen molar-refractivity contribution in [2.45, 2.75) is 19.5 Å². The first-order chi connectivity index (χ1) is 14.9. The summed E-state index contributed by atoms with van der Waals surface area (Å²) < 4.78 is 13.4. The Morgan fingerprint density at radius 1 is 1.06 bits per heavy atom. The van der Waals surface area contributed by atoms with Gasteiger partial charge < -0.3 is 14.8 Å². The molecular formula is C24H27FN4O2. The van der Waals surface area contributed by atoms with E-state index in [-0.39, 0.29) is 23.7 Å². The summed E-state index contributed by atoms with van der Waals surface area (Å²) >= 11 is 0. The third-order valence-corrected chi connectivity index (χ3v) is 5.95. The highest BCUT2D eigenvalue weighted by Gasteiger charge is 2.29. The van der Waals surface area contributed by atoms with Gasteiger partial charge >= 0.3 is 0 Å². The van der Waals surface area contributed by atoms with E-state index in [1.807, 2.05) is 48.2 Å². The maximum atomic E-state index is 13.4. The van der Waals surface area contributed by atoms with Crippen LogP contribution in [0.15, 0.2) is 54.6 Å². The molecule has 1 fully saturated rings. The molecule has 4 rings (SSSR count). The Morgan fingerprint density at radius 3 is 2.52 bits per heavy atom. The van der Waals surface area contributed by atoms with Crippen LogP contribution in [0.1, 0.15) is 23.0 Å². The summed E-state index contributed by atoms with van der Waals surface area (Å²) in [6.45, 7) is 4.65. The third kappa shape index (κ3) is 4.61. The first-order valence-corrected chi connectivity index (χ1v) is 10.5. The number of amides is 2. The number of likely N-dealkylation sites (N-methyl/N-ethyl adjacent to an activating group) is 1. The predicted molar refractivity (Wildman–Crippen MR) is 118 cm³/mol. The Bertz CT molecular complexity index is 1050. The fourth-order valence-electron chi connectivity index (χ4n) is 4.13. The Hall–Kier alpha value is -3.19. The molecule has 3 aromatic rings. The first kappa shape index (κ1) is 21.1. The second kappa shape index (κ2) is 8.89. The van der Waals surface area contributed by atoms with E-state index in [4.69, 9.17) is 0 Å². The van der Waals surface area contributed by atoms with Crippen molar-refractivity contribution >= 4 is 22.7 Å². The standard InChI is InChI=1S/C24H27FN4O2/c1-17(23(30)27(2)16-18-6-5-8-20(25)14-18)28-10-12-29(13-11-28)24(31)22-15-19-7-3-4-9-21(19)26-22/h3-9,14-15,17,26H,10-13,16H2,1-2H3. The number of hydrogen-bond acceptors (Lipinski definition) is 3. The van der Waals surface area contributed by atoms with Crippen molar-refractivity contribution in [2.75, 3.05) is 33.2 Å². The summed E-state index contributed by atoms with van der Waals surface area (Å²) in [4.78, 5) is 34.5. The SMILES string of the molecule is CC(C(=O)N(C)Cc1cccc(F)c1)N1CCN(C(=O)c2cc3ccccc3[nH]2)CC1. The van der Waals surface area contributed by atoms with Gasteiger partial charge in [0.2, 0.25) is 5.91 Å². The van der Waals surface area contributed by atoms with E-state index >= 15 is 0 Å². The van der Waals surface area contributed by atoms with E-state index in [0.29, 0.717) is 38.4 Å². The van der Waals surface area contributed by atoms with Gasteiger partial charge in [-0.1, -0.05) is 30.3 Å². The van der Waals surface area contributed by atoms with Crippen LogP contribution in [-0.4, -0.2) is 70.8 Å². The van der Waals surface area contributed by atoms with Crippen LogP contribution in [0.3, 0.4) is 0 Å². The molecule has 2 amide bonds. The Kier molecular flexibility index (Phi) is 6.04. The normalized spacial score (nSPS) is 15.8. The van der Waals surface area contributed by atoms with Crippen LogP contribution in [-0.2, 0) is 11.3 Å². The number of nitrogens with zero attached hydrogens (tertiary/aromatic N) is 3. The van der Waals surface area contributed by atoms with Crippen molar-refractivity contribution in [3.63, 3.8) is 0 Å². The number of benzene rings is 2. The topological polar surface area (TPSA) is 59.7 Å². The average molecular weight is 423 g/mol. The summed E-state index contributed by atoms with van der Waals surface area (Å²) in [5.41, 5.74) is 2.30. The maximum Gasteiger partial charge on any atom is 0.270 e. The van der Waals surface area contributed by atoms with Gasteiger partial charge in [0, 0.05) is 50.7 Å². The van der Waals surface area contributed by atoms with E-state index in [0.717, 1.165) is 16.5 Å². The van der Waals surface area contributed by atoms with Gasteiger partial charge in [-0.25, -0.2) is 4.39 Å². The van der Waals surface area contributed by atoms with Gasteiger partial charge in [-0.05, 0) is 36.8 Å². The average Bonchev–Trinajstić information content (AvgIpc) is 3.22. The first-order valence-electron chi connectivity index (χ1n) is 10.5. The molecule has 7 heteroatoms. The van der Waals surface area contributed by atoms with E-state index < -0.39 is 0 Å². The van der Waals surface area contributed by atoms with Crippen LogP contribution >= 0.6 is 0 Å². The van der Waals surface area contributed by atoms with Crippen molar-refractivity contribution in [2.24, 2.45) is 0 Å². The molecule has 31 heavy (non-hydrogen) atoms. The number of aromatic amines is 1. The summed E-state index contributed by atoms with van der Waals surface area (Å²) in [5, 5.41) is 1.02. The van der Waals surface area contributed by atoms with Gasteiger partial charge in [0.25, 0.3) is 5.91 Å². The fourth-order valence-corrected chi connectivity index (χ4v) is 4.13. The van der Waals surface area contributed by atoms with E-state index in [1.54, 1.807) is 18.0 Å². The minimum atomic E-state index is -0.304. The molecule has 0 spiro atoms. The molecule has 1 saturated heterocycles. The van der Waals surface area contributed by atoms with Gasteiger partial charge in [-0.2, -0.15) is 0 Å². The zero-order valence-electron chi connectivity index (χ0n) is 17.8. The number of rotatable bonds is 5. The molecule has 1 aliphatic rings. The highest BCUT2D eigenvalue weighted by atomic mass is 19.1. The molecule has 2 heterocycles.